The molecule has 5 heteroatoms. The molecule has 0 aliphatic heterocycles. The van der Waals surface area contributed by atoms with Gasteiger partial charge in [-0.05, 0) is 47.5 Å². The topological polar surface area (TPSA) is 50.7 Å². The predicted octanol–water partition coefficient (Wildman–Crippen LogP) is 2.79. The minimum atomic E-state index is 0.107. The predicted molar refractivity (Wildman–Crippen MR) is 74.0 cm³/mol. The van der Waals surface area contributed by atoms with E-state index in [1.54, 1.807) is 12.4 Å². The van der Waals surface area contributed by atoms with Gasteiger partial charge in [-0.1, -0.05) is 0 Å². The summed E-state index contributed by atoms with van der Waals surface area (Å²) in [7, 11) is 0. The first-order chi connectivity index (χ1) is 8.66. The van der Waals surface area contributed by atoms with Gasteiger partial charge in [-0.2, -0.15) is 0 Å². The van der Waals surface area contributed by atoms with Gasteiger partial charge in [0.05, 0.1) is 11.7 Å². The average molecular weight is 307 g/mol. The van der Waals surface area contributed by atoms with Crippen molar-refractivity contribution < 1.29 is 0 Å². The zero-order chi connectivity index (χ0) is 13.0. The van der Waals surface area contributed by atoms with Crippen LogP contribution in [0.2, 0.25) is 0 Å². The molecule has 2 heterocycles. The number of nitrogens with one attached hydrogen (secondary N) is 1. The summed E-state index contributed by atoms with van der Waals surface area (Å²) in [5.41, 5.74) is 2.21. The first kappa shape index (κ1) is 13.1. The number of pyridine rings is 1. The maximum atomic E-state index is 4.39. The second kappa shape index (κ2) is 6.02. The molecule has 2 rings (SSSR count). The van der Waals surface area contributed by atoms with E-state index >= 15 is 0 Å². The van der Waals surface area contributed by atoms with E-state index in [1.807, 2.05) is 19.2 Å². The Labute approximate surface area is 115 Å². The second-order valence-corrected chi connectivity index (χ2v) is 5.04. The highest BCUT2D eigenvalue weighted by Crippen LogP contribution is 2.14. The zero-order valence-corrected chi connectivity index (χ0v) is 12.0. The number of hydrogen-bond acceptors (Lipinski definition) is 4. The van der Waals surface area contributed by atoms with E-state index in [0.29, 0.717) is 6.54 Å². The standard InChI is InChI=1S/C13H15BrN4/c1-9-6-11(14)7-18-12(9)8-17-10(2)13-15-4-3-5-16-13/h3-7,10,17H,8H2,1-2H3. The number of rotatable bonds is 4. The normalized spacial score (nSPS) is 12.4. The van der Waals surface area contributed by atoms with Gasteiger partial charge >= 0.3 is 0 Å². The maximum absolute atomic E-state index is 4.39. The Kier molecular flexibility index (Phi) is 4.38. The van der Waals surface area contributed by atoms with E-state index in [2.05, 4.69) is 49.2 Å². The van der Waals surface area contributed by atoms with E-state index in [1.165, 1.54) is 0 Å². The summed E-state index contributed by atoms with van der Waals surface area (Å²) in [5.74, 6) is 0.798. The quantitative estimate of drug-likeness (QED) is 0.943. The Hall–Kier alpha value is -1.33. The Bertz CT molecular complexity index is 516. The van der Waals surface area contributed by atoms with E-state index in [-0.39, 0.29) is 6.04 Å². The summed E-state index contributed by atoms with van der Waals surface area (Å²) < 4.78 is 1.00. The first-order valence-electron chi connectivity index (χ1n) is 5.78. The monoisotopic (exact) mass is 306 g/mol. The third-order valence-electron chi connectivity index (χ3n) is 2.70. The van der Waals surface area contributed by atoms with Gasteiger partial charge in [0.25, 0.3) is 0 Å². The minimum absolute atomic E-state index is 0.107. The van der Waals surface area contributed by atoms with Crippen molar-refractivity contribution in [2.75, 3.05) is 0 Å². The Balaban J connectivity index is 1.99. The average Bonchev–Trinajstić information content (AvgIpc) is 2.38. The molecular formula is C13H15BrN4. The molecule has 2 aromatic rings. The van der Waals surface area contributed by atoms with Gasteiger partial charge in [0, 0.05) is 29.6 Å². The molecule has 0 fully saturated rings. The number of aryl methyl sites for hydroxylation is 1. The molecule has 0 saturated heterocycles. The van der Waals surface area contributed by atoms with E-state index in [9.17, 15) is 0 Å². The summed E-state index contributed by atoms with van der Waals surface area (Å²) in [6, 6.07) is 3.99. The number of halogens is 1. The van der Waals surface area contributed by atoms with Crippen molar-refractivity contribution in [1.82, 2.24) is 20.3 Å². The summed E-state index contributed by atoms with van der Waals surface area (Å²) in [6.45, 7) is 4.81. The molecule has 0 amide bonds. The molecule has 4 nitrogen and oxygen atoms in total. The largest absolute Gasteiger partial charge is 0.302 e. The van der Waals surface area contributed by atoms with Crippen LogP contribution in [0.4, 0.5) is 0 Å². The fourth-order valence-corrected chi connectivity index (χ4v) is 2.07. The smallest absolute Gasteiger partial charge is 0.144 e. The van der Waals surface area contributed by atoms with Crippen molar-refractivity contribution in [2.24, 2.45) is 0 Å². The van der Waals surface area contributed by atoms with Crippen molar-refractivity contribution in [2.45, 2.75) is 26.4 Å². The molecule has 0 bridgehead atoms. The van der Waals surface area contributed by atoms with Gasteiger partial charge < -0.3 is 5.32 Å². The molecule has 2 aromatic heterocycles. The summed E-state index contributed by atoms with van der Waals surface area (Å²) in [4.78, 5) is 12.8. The van der Waals surface area contributed by atoms with Crippen molar-refractivity contribution in [3.05, 3.63) is 52.3 Å². The van der Waals surface area contributed by atoms with E-state index in [4.69, 9.17) is 0 Å². The fourth-order valence-electron chi connectivity index (χ4n) is 1.63. The van der Waals surface area contributed by atoms with Crippen LogP contribution in [0.1, 0.15) is 30.0 Å². The van der Waals surface area contributed by atoms with Crippen LogP contribution in [0.3, 0.4) is 0 Å². The second-order valence-electron chi connectivity index (χ2n) is 4.13. The molecule has 1 atom stereocenters. The molecule has 0 radical (unpaired) electrons. The number of nitrogens with zero attached hydrogens (tertiary/aromatic N) is 3. The molecule has 0 spiro atoms. The highest BCUT2D eigenvalue weighted by Gasteiger charge is 2.08. The SMILES string of the molecule is Cc1cc(Br)cnc1CNC(C)c1ncccn1. The van der Waals surface area contributed by atoms with Crippen LogP contribution >= 0.6 is 15.9 Å². The molecular weight excluding hydrogens is 292 g/mol. The molecule has 0 saturated carbocycles. The fraction of sp³-hybridized carbons (Fsp3) is 0.308. The maximum Gasteiger partial charge on any atom is 0.144 e. The summed E-state index contributed by atoms with van der Waals surface area (Å²) >= 11 is 3.41. The molecule has 18 heavy (non-hydrogen) atoms. The van der Waals surface area contributed by atoms with E-state index < -0.39 is 0 Å². The van der Waals surface area contributed by atoms with Crippen LogP contribution in [-0.2, 0) is 6.54 Å². The van der Waals surface area contributed by atoms with Crippen molar-refractivity contribution >= 4 is 15.9 Å². The van der Waals surface area contributed by atoms with Crippen LogP contribution in [0.5, 0.6) is 0 Å². The highest BCUT2D eigenvalue weighted by molar-refractivity contribution is 9.10. The molecule has 0 aliphatic carbocycles. The first-order valence-corrected chi connectivity index (χ1v) is 6.57. The highest BCUT2D eigenvalue weighted by atomic mass is 79.9. The Morgan fingerprint density at radius 1 is 1.28 bits per heavy atom. The van der Waals surface area contributed by atoms with Crippen molar-refractivity contribution in [3.8, 4) is 0 Å². The minimum Gasteiger partial charge on any atom is -0.302 e. The van der Waals surface area contributed by atoms with E-state index in [0.717, 1.165) is 21.6 Å². The van der Waals surface area contributed by atoms with Gasteiger partial charge in [-0.25, -0.2) is 9.97 Å². The lowest BCUT2D eigenvalue weighted by atomic mass is 10.2. The van der Waals surface area contributed by atoms with Crippen LogP contribution in [0, 0.1) is 6.92 Å². The molecule has 0 aliphatic rings. The lowest BCUT2D eigenvalue weighted by molar-refractivity contribution is 0.539. The lowest BCUT2D eigenvalue weighted by Crippen LogP contribution is -2.21. The Morgan fingerprint density at radius 2 is 2.00 bits per heavy atom. The molecule has 1 N–H and O–H groups in total. The van der Waals surface area contributed by atoms with Gasteiger partial charge in [0.1, 0.15) is 5.82 Å². The van der Waals surface area contributed by atoms with Gasteiger partial charge in [-0.3, -0.25) is 4.98 Å². The van der Waals surface area contributed by atoms with Crippen LogP contribution in [0.15, 0.2) is 35.2 Å². The van der Waals surface area contributed by atoms with Crippen molar-refractivity contribution in [1.29, 1.82) is 0 Å². The van der Waals surface area contributed by atoms with Gasteiger partial charge in [0.2, 0.25) is 0 Å². The molecule has 94 valence electrons. The molecule has 0 aromatic carbocycles. The summed E-state index contributed by atoms with van der Waals surface area (Å²) in [5, 5.41) is 3.37. The van der Waals surface area contributed by atoms with Crippen LogP contribution < -0.4 is 5.32 Å². The molecule has 1 unspecified atom stereocenters. The Morgan fingerprint density at radius 3 is 2.67 bits per heavy atom. The third-order valence-corrected chi connectivity index (χ3v) is 3.14. The third kappa shape index (κ3) is 3.34. The zero-order valence-electron chi connectivity index (χ0n) is 10.4. The van der Waals surface area contributed by atoms with Crippen molar-refractivity contribution in [3.63, 3.8) is 0 Å². The van der Waals surface area contributed by atoms with Gasteiger partial charge in [-0.15, -0.1) is 0 Å². The van der Waals surface area contributed by atoms with Crippen LogP contribution in [0.25, 0.3) is 0 Å². The van der Waals surface area contributed by atoms with Crippen LogP contribution in [-0.4, -0.2) is 15.0 Å². The number of hydrogen-bond donors (Lipinski definition) is 1. The summed E-state index contributed by atoms with van der Waals surface area (Å²) in [6.07, 6.45) is 5.32. The number of aromatic nitrogens is 3. The lowest BCUT2D eigenvalue weighted by Gasteiger charge is -2.13. The van der Waals surface area contributed by atoms with Gasteiger partial charge in [0.15, 0.2) is 0 Å².